The van der Waals surface area contributed by atoms with Crippen LogP contribution < -0.4 is 15.8 Å². The molecule has 2 aromatic carbocycles. The van der Waals surface area contributed by atoms with Crippen LogP contribution in [-0.2, 0) is 10.0 Å². The molecule has 1 amide bonds. The second kappa shape index (κ2) is 11.1. The molecule has 14 heteroatoms. The van der Waals surface area contributed by atoms with Gasteiger partial charge in [-0.3, -0.25) is 9.52 Å². The molecule has 0 aliphatic rings. The Labute approximate surface area is 228 Å². The zero-order valence-corrected chi connectivity index (χ0v) is 22.7. The Morgan fingerprint density at radius 1 is 1.16 bits per heavy atom. The van der Waals surface area contributed by atoms with Crippen molar-refractivity contribution in [1.82, 2.24) is 24.8 Å². The molecular weight excluding hydrogens is 556 g/mol. The van der Waals surface area contributed by atoms with Gasteiger partial charge >= 0.3 is 0 Å². The molecule has 38 heavy (non-hydrogen) atoms. The molecule has 0 saturated carbocycles. The molecule has 0 unspecified atom stereocenters. The van der Waals surface area contributed by atoms with E-state index < -0.39 is 15.8 Å². The summed E-state index contributed by atoms with van der Waals surface area (Å²) in [5, 5.41) is 6.89. The van der Waals surface area contributed by atoms with Gasteiger partial charge in [-0.05, 0) is 57.4 Å². The second-order valence-electron chi connectivity index (χ2n) is 8.62. The second-order valence-corrected chi connectivity index (χ2v) is 11.1. The number of benzene rings is 2. The number of nitrogen functional groups attached to an aromatic ring is 1. The molecule has 0 bridgehead atoms. The van der Waals surface area contributed by atoms with Gasteiger partial charge in [0.2, 0.25) is 0 Å². The summed E-state index contributed by atoms with van der Waals surface area (Å²) >= 11 is 11.9. The van der Waals surface area contributed by atoms with E-state index in [1.165, 1.54) is 47.2 Å². The van der Waals surface area contributed by atoms with Crippen molar-refractivity contribution in [2.24, 2.45) is 0 Å². The normalized spacial score (nSPS) is 11.7. The maximum atomic E-state index is 15.1. The number of amides is 1. The van der Waals surface area contributed by atoms with Crippen molar-refractivity contribution < 1.29 is 17.6 Å². The van der Waals surface area contributed by atoms with Crippen LogP contribution >= 0.6 is 23.2 Å². The van der Waals surface area contributed by atoms with Gasteiger partial charge in [0.05, 0.1) is 21.9 Å². The van der Waals surface area contributed by atoms with Crippen LogP contribution in [0.5, 0.6) is 0 Å². The molecular formula is C24H24Cl2FN7O3S. The molecule has 0 fully saturated rings. The highest BCUT2D eigenvalue weighted by atomic mass is 35.5. The molecule has 0 aliphatic carbocycles. The van der Waals surface area contributed by atoms with Gasteiger partial charge in [-0.15, -0.1) is 0 Å². The number of sulfonamides is 1. The Hall–Kier alpha value is -3.45. The SMILES string of the molecule is CN(C)CCCNC(=O)c1cnn2c(N)c(-c3ccc(NS(=O)(=O)c4cccc(Cl)c4Cl)cc3F)cnc12. The van der Waals surface area contributed by atoms with Gasteiger partial charge in [0.1, 0.15) is 22.1 Å². The van der Waals surface area contributed by atoms with E-state index in [9.17, 15) is 13.2 Å². The van der Waals surface area contributed by atoms with Crippen molar-refractivity contribution in [1.29, 1.82) is 0 Å². The van der Waals surface area contributed by atoms with Crippen molar-refractivity contribution in [2.45, 2.75) is 11.3 Å². The molecule has 4 rings (SSSR count). The van der Waals surface area contributed by atoms with Crippen LogP contribution in [0.25, 0.3) is 16.8 Å². The van der Waals surface area contributed by atoms with Crippen LogP contribution in [-0.4, -0.2) is 61.0 Å². The van der Waals surface area contributed by atoms with Gasteiger partial charge < -0.3 is 16.0 Å². The predicted octanol–water partition coefficient (Wildman–Crippen LogP) is 3.91. The van der Waals surface area contributed by atoms with Gasteiger partial charge in [0, 0.05) is 23.9 Å². The minimum Gasteiger partial charge on any atom is -0.383 e. The fourth-order valence-electron chi connectivity index (χ4n) is 3.71. The molecule has 10 nitrogen and oxygen atoms in total. The van der Waals surface area contributed by atoms with Crippen LogP contribution in [0, 0.1) is 5.82 Å². The lowest BCUT2D eigenvalue weighted by Gasteiger charge is -2.13. The molecule has 4 N–H and O–H groups in total. The first kappa shape index (κ1) is 27.6. The van der Waals surface area contributed by atoms with Crippen molar-refractivity contribution >= 4 is 56.3 Å². The van der Waals surface area contributed by atoms with Crippen molar-refractivity contribution in [3.05, 3.63) is 70.2 Å². The highest BCUT2D eigenvalue weighted by molar-refractivity contribution is 7.92. The first-order valence-corrected chi connectivity index (χ1v) is 13.6. The zero-order valence-electron chi connectivity index (χ0n) is 20.4. The average Bonchev–Trinajstić information content (AvgIpc) is 3.29. The number of aromatic nitrogens is 3. The predicted molar refractivity (Wildman–Crippen MR) is 146 cm³/mol. The minimum absolute atomic E-state index is 0.0396. The summed E-state index contributed by atoms with van der Waals surface area (Å²) in [6.07, 6.45) is 3.46. The van der Waals surface area contributed by atoms with E-state index in [1.54, 1.807) is 0 Å². The summed E-state index contributed by atoms with van der Waals surface area (Å²) in [6.45, 7) is 1.30. The van der Waals surface area contributed by atoms with E-state index in [-0.39, 0.29) is 54.7 Å². The third-order valence-corrected chi connectivity index (χ3v) is 7.95. The summed E-state index contributed by atoms with van der Waals surface area (Å²) in [4.78, 5) is 18.6. The lowest BCUT2D eigenvalue weighted by atomic mass is 10.1. The maximum Gasteiger partial charge on any atom is 0.263 e. The third-order valence-electron chi connectivity index (χ3n) is 5.59. The van der Waals surface area contributed by atoms with Crippen molar-refractivity contribution in [2.75, 3.05) is 37.6 Å². The molecule has 4 aromatic rings. The first-order valence-electron chi connectivity index (χ1n) is 11.3. The van der Waals surface area contributed by atoms with E-state index >= 15 is 4.39 Å². The number of fused-ring (bicyclic) bond motifs is 1. The van der Waals surface area contributed by atoms with E-state index in [4.69, 9.17) is 28.9 Å². The number of hydrogen-bond donors (Lipinski definition) is 3. The maximum absolute atomic E-state index is 15.1. The Balaban J connectivity index is 1.57. The summed E-state index contributed by atoms with van der Waals surface area (Å²) in [7, 11) is -0.245. The summed E-state index contributed by atoms with van der Waals surface area (Å²) < 4.78 is 44.2. The van der Waals surface area contributed by atoms with Crippen molar-refractivity contribution in [3.63, 3.8) is 0 Å². The molecule has 0 saturated heterocycles. The number of nitrogens with two attached hydrogens (primary N) is 1. The van der Waals surface area contributed by atoms with Crippen LogP contribution in [0.15, 0.2) is 53.7 Å². The van der Waals surface area contributed by atoms with Gasteiger partial charge in [0.15, 0.2) is 5.65 Å². The van der Waals surface area contributed by atoms with Gasteiger partial charge in [0.25, 0.3) is 15.9 Å². The highest BCUT2D eigenvalue weighted by Crippen LogP contribution is 2.33. The number of carbonyl (C=O) groups excluding carboxylic acids is 1. The number of nitrogens with zero attached hydrogens (tertiary/aromatic N) is 4. The van der Waals surface area contributed by atoms with E-state index in [2.05, 4.69) is 20.1 Å². The third kappa shape index (κ3) is 5.68. The molecule has 0 radical (unpaired) electrons. The number of anilines is 2. The first-order chi connectivity index (χ1) is 18.0. The van der Waals surface area contributed by atoms with Crippen LogP contribution in [0.3, 0.4) is 0 Å². The quantitative estimate of drug-likeness (QED) is 0.256. The fourth-order valence-corrected chi connectivity index (χ4v) is 5.52. The Bertz CT molecular complexity index is 1630. The zero-order chi connectivity index (χ0) is 27.6. The summed E-state index contributed by atoms with van der Waals surface area (Å²) in [5.41, 5.74) is 6.94. The van der Waals surface area contributed by atoms with E-state index in [0.29, 0.717) is 6.54 Å². The molecule has 200 valence electrons. The molecule has 0 aliphatic heterocycles. The lowest BCUT2D eigenvalue weighted by Crippen LogP contribution is -2.27. The Morgan fingerprint density at radius 3 is 2.63 bits per heavy atom. The average molecular weight is 580 g/mol. The monoisotopic (exact) mass is 579 g/mol. The number of carbonyl (C=O) groups is 1. The topological polar surface area (TPSA) is 135 Å². The molecule has 2 heterocycles. The summed E-state index contributed by atoms with van der Waals surface area (Å²) in [5.74, 6) is -1.05. The van der Waals surface area contributed by atoms with E-state index in [0.717, 1.165) is 19.0 Å². The van der Waals surface area contributed by atoms with Crippen LogP contribution in [0.2, 0.25) is 10.0 Å². The Morgan fingerprint density at radius 2 is 1.92 bits per heavy atom. The van der Waals surface area contributed by atoms with E-state index in [1.807, 2.05) is 19.0 Å². The molecule has 0 spiro atoms. The molecule has 0 atom stereocenters. The van der Waals surface area contributed by atoms with Gasteiger partial charge in [-0.2, -0.15) is 9.61 Å². The molecule has 2 aromatic heterocycles. The number of hydrogen-bond acceptors (Lipinski definition) is 7. The van der Waals surface area contributed by atoms with Crippen molar-refractivity contribution in [3.8, 4) is 11.1 Å². The highest BCUT2D eigenvalue weighted by Gasteiger charge is 2.22. The van der Waals surface area contributed by atoms with Gasteiger partial charge in [-0.1, -0.05) is 29.3 Å². The lowest BCUT2D eigenvalue weighted by molar-refractivity contribution is 0.0953. The fraction of sp³-hybridized carbons (Fsp3) is 0.208. The summed E-state index contributed by atoms with van der Waals surface area (Å²) in [6, 6.07) is 7.90. The van der Waals surface area contributed by atoms with Crippen LogP contribution in [0.4, 0.5) is 15.9 Å². The number of halogens is 3. The van der Waals surface area contributed by atoms with Gasteiger partial charge in [-0.25, -0.2) is 17.8 Å². The number of rotatable bonds is 9. The Kier molecular flexibility index (Phi) is 8.07. The van der Waals surface area contributed by atoms with Crippen LogP contribution in [0.1, 0.15) is 16.8 Å². The standard InChI is InChI=1S/C24H24Cl2FN7O3S/c1-33(2)10-4-9-29-24(35)17-13-31-34-22(28)16(12-30-23(17)34)15-8-7-14(11-19(15)27)32-38(36,37)20-6-3-5-18(25)21(20)26/h3,5-8,11-13,32H,4,9-10,28H2,1-2H3,(H,29,35). The largest absolute Gasteiger partial charge is 0.383 e. The minimum atomic E-state index is -4.14. The smallest absolute Gasteiger partial charge is 0.263 e. The number of nitrogens with one attached hydrogen (secondary N) is 2.